The highest BCUT2D eigenvalue weighted by molar-refractivity contribution is 5.88. The molecule has 6 nitrogen and oxygen atoms in total. The highest BCUT2D eigenvalue weighted by atomic mass is 16.5. The highest BCUT2D eigenvalue weighted by Crippen LogP contribution is 2.60. The third-order valence-electron chi connectivity index (χ3n) is 7.72. The minimum atomic E-state index is -0.853. The zero-order valence-electron chi connectivity index (χ0n) is 18.2. The van der Waals surface area contributed by atoms with Gasteiger partial charge in [-0.25, -0.2) is 0 Å². The molecule has 0 aliphatic heterocycles. The van der Waals surface area contributed by atoms with Crippen molar-refractivity contribution in [1.82, 2.24) is 10.6 Å². The fraction of sp³-hybridized carbons (Fsp3) is 0.792. The fourth-order valence-electron chi connectivity index (χ4n) is 6.64. The molecule has 2 amide bonds. The molecule has 166 valence electrons. The van der Waals surface area contributed by atoms with Crippen LogP contribution >= 0.6 is 0 Å². The second kappa shape index (κ2) is 9.11. The van der Waals surface area contributed by atoms with Crippen LogP contribution in [0, 0.1) is 23.2 Å². The van der Waals surface area contributed by atoms with Crippen LogP contribution in [0.4, 0.5) is 0 Å². The lowest BCUT2D eigenvalue weighted by Crippen LogP contribution is -2.54. The standard InChI is InChI=1S/C24H36N2O4/c1-16(22(28)25-8-7-17-5-3-2-4-6-17)30-21(27)15-26-23(29)24-12-18-9-19(13-24)11-20(10-18)14-24/h5,16,18-20H,2-4,6-15H2,1H3,(H,25,28)(H,26,29)/t16-,18?,19?,20?,24?/m0/s1. The summed E-state index contributed by atoms with van der Waals surface area (Å²) in [5.74, 6) is 1.22. The van der Waals surface area contributed by atoms with Gasteiger partial charge in [0, 0.05) is 12.0 Å². The molecule has 5 aliphatic rings. The first kappa shape index (κ1) is 21.4. The Kier molecular flexibility index (Phi) is 6.49. The molecular weight excluding hydrogens is 380 g/mol. The lowest BCUT2D eigenvalue weighted by molar-refractivity contribution is -0.156. The highest BCUT2D eigenvalue weighted by Gasteiger charge is 2.54. The maximum absolute atomic E-state index is 12.9. The van der Waals surface area contributed by atoms with Crippen molar-refractivity contribution >= 4 is 17.8 Å². The Balaban J connectivity index is 1.16. The Bertz CT molecular complexity index is 679. The van der Waals surface area contributed by atoms with Crippen LogP contribution in [0.15, 0.2) is 11.6 Å². The Morgan fingerprint density at radius 2 is 1.73 bits per heavy atom. The smallest absolute Gasteiger partial charge is 0.326 e. The Morgan fingerprint density at radius 1 is 1.07 bits per heavy atom. The van der Waals surface area contributed by atoms with E-state index in [2.05, 4.69) is 16.7 Å². The van der Waals surface area contributed by atoms with Crippen molar-refractivity contribution in [1.29, 1.82) is 0 Å². The summed E-state index contributed by atoms with van der Waals surface area (Å²) in [6, 6.07) is 0. The van der Waals surface area contributed by atoms with Gasteiger partial charge in [0.05, 0.1) is 0 Å². The van der Waals surface area contributed by atoms with E-state index in [1.165, 1.54) is 37.7 Å². The molecule has 4 saturated carbocycles. The predicted octanol–water partition coefficient (Wildman–Crippen LogP) is 3.26. The molecule has 0 heterocycles. The summed E-state index contributed by atoms with van der Waals surface area (Å²) in [5, 5.41) is 5.66. The van der Waals surface area contributed by atoms with Gasteiger partial charge < -0.3 is 15.4 Å². The van der Waals surface area contributed by atoms with Crippen molar-refractivity contribution in [3.05, 3.63) is 11.6 Å². The number of esters is 1. The Labute approximate surface area is 179 Å². The van der Waals surface area contributed by atoms with E-state index in [9.17, 15) is 14.4 Å². The SMILES string of the molecule is C[C@H](OC(=O)CNC(=O)C12CC3CC(CC(C3)C1)C2)C(=O)NCCC1=CCCCC1. The van der Waals surface area contributed by atoms with Gasteiger partial charge in [0.25, 0.3) is 5.91 Å². The van der Waals surface area contributed by atoms with Crippen molar-refractivity contribution in [2.45, 2.75) is 83.7 Å². The number of allylic oxidation sites excluding steroid dienone is 1. The predicted molar refractivity (Wildman–Crippen MR) is 113 cm³/mol. The number of rotatable bonds is 8. The Morgan fingerprint density at radius 3 is 2.33 bits per heavy atom. The first-order valence-electron chi connectivity index (χ1n) is 11.9. The molecule has 1 atom stereocenters. The average molecular weight is 417 g/mol. The van der Waals surface area contributed by atoms with Gasteiger partial charge in [0.2, 0.25) is 5.91 Å². The van der Waals surface area contributed by atoms with E-state index in [1.54, 1.807) is 6.92 Å². The van der Waals surface area contributed by atoms with E-state index < -0.39 is 12.1 Å². The maximum Gasteiger partial charge on any atom is 0.326 e. The minimum Gasteiger partial charge on any atom is -0.451 e. The summed E-state index contributed by atoms with van der Waals surface area (Å²) in [5.41, 5.74) is 1.13. The summed E-state index contributed by atoms with van der Waals surface area (Å²) in [6.07, 6.45) is 13.7. The third-order valence-corrected chi connectivity index (χ3v) is 7.72. The second-order valence-electron chi connectivity index (χ2n) is 10.2. The van der Waals surface area contributed by atoms with Gasteiger partial charge in [0.1, 0.15) is 6.54 Å². The molecule has 4 bridgehead atoms. The van der Waals surface area contributed by atoms with Gasteiger partial charge in [-0.15, -0.1) is 0 Å². The number of amides is 2. The molecule has 0 unspecified atom stereocenters. The van der Waals surface area contributed by atoms with Crippen molar-refractivity contribution in [2.24, 2.45) is 23.2 Å². The molecule has 0 aromatic heterocycles. The Hall–Kier alpha value is -1.85. The molecule has 4 fully saturated rings. The average Bonchev–Trinajstić information content (AvgIpc) is 2.71. The number of carbonyl (C=O) groups excluding carboxylic acids is 3. The minimum absolute atomic E-state index is 0.0106. The fourth-order valence-corrected chi connectivity index (χ4v) is 6.64. The van der Waals surface area contributed by atoms with E-state index in [1.807, 2.05) is 0 Å². The lowest BCUT2D eigenvalue weighted by atomic mass is 9.49. The molecule has 5 rings (SSSR count). The molecule has 5 aliphatic carbocycles. The molecule has 0 aromatic carbocycles. The van der Waals surface area contributed by atoms with Crippen LogP contribution in [0.1, 0.15) is 77.6 Å². The van der Waals surface area contributed by atoms with Crippen molar-refractivity contribution in [3.63, 3.8) is 0 Å². The summed E-state index contributed by atoms with van der Waals surface area (Å²) >= 11 is 0. The number of hydrogen-bond acceptors (Lipinski definition) is 4. The van der Waals surface area contributed by atoms with Gasteiger partial charge >= 0.3 is 5.97 Å². The largest absolute Gasteiger partial charge is 0.451 e. The number of hydrogen-bond donors (Lipinski definition) is 2. The van der Waals surface area contributed by atoms with Crippen molar-refractivity contribution < 1.29 is 19.1 Å². The van der Waals surface area contributed by atoms with Crippen LogP contribution in [-0.2, 0) is 19.1 Å². The van der Waals surface area contributed by atoms with E-state index >= 15 is 0 Å². The zero-order chi connectivity index (χ0) is 21.1. The van der Waals surface area contributed by atoms with Crippen molar-refractivity contribution in [2.75, 3.05) is 13.1 Å². The first-order valence-corrected chi connectivity index (χ1v) is 11.9. The van der Waals surface area contributed by atoms with Gasteiger partial charge in [0.15, 0.2) is 6.10 Å². The monoisotopic (exact) mass is 416 g/mol. The van der Waals surface area contributed by atoms with E-state index in [-0.39, 0.29) is 23.8 Å². The summed E-state index contributed by atoms with van der Waals surface area (Å²) in [6.45, 7) is 1.98. The maximum atomic E-state index is 12.9. The molecule has 0 saturated heterocycles. The summed E-state index contributed by atoms with van der Waals surface area (Å²) in [4.78, 5) is 37.3. The number of ether oxygens (including phenoxy) is 1. The van der Waals surface area contributed by atoms with Crippen LogP contribution in [0.3, 0.4) is 0 Å². The van der Waals surface area contributed by atoms with Gasteiger partial charge in [-0.1, -0.05) is 11.6 Å². The zero-order valence-corrected chi connectivity index (χ0v) is 18.2. The van der Waals surface area contributed by atoms with Crippen LogP contribution in [0.5, 0.6) is 0 Å². The van der Waals surface area contributed by atoms with Crippen LogP contribution < -0.4 is 10.6 Å². The van der Waals surface area contributed by atoms with Crippen molar-refractivity contribution in [3.8, 4) is 0 Å². The van der Waals surface area contributed by atoms with E-state index in [4.69, 9.17) is 4.74 Å². The van der Waals surface area contributed by atoms with Gasteiger partial charge in [-0.3, -0.25) is 14.4 Å². The molecule has 2 N–H and O–H groups in total. The molecule has 0 aromatic rings. The topological polar surface area (TPSA) is 84.5 Å². The molecule has 0 radical (unpaired) electrons. The molecular formula is C24H36N2O4. The number of carbonyl (C=O) groups is 3. The number of nitrogens with one attached hydrogen (secondary N) is 2. The third kappa shape index (κ3) is 4.89. The quantitative estimate of drug-likeness (QED) is 0.470. The normalized spacial score (nSPS) is 32.8. The molecule has 30 heavy (non-hydrogen) atoms. The summed E-state index contributed by atoms with van der Waals surface area (Å²) in [7, 11) is 0. The van der Waals surface area contributed by atoms with Gasteiger partial charge in [-0.05, 0) is 95.3 Å². The van der Waals surface area contributed by atoms with Gasteiger partial charge in [-0.2, -0.15) is 0 Å². The van der Waals surface area contributed by atoms with E-state index in [0.717, 1.165) is 38.5 Å². The molecule has 6 heteroatoms. The van der Waals surface area contributed by atoms with Crippen LogP contribution in [-0.4, -0.2) is 37.0 Å². The lowest BCUT2D eigenvalue weighted by Gasteiger charge is -2.55. The second-order valence-corrected chi connectivity index (χ2v) is 10.2. The van der Waals surface area contributed by atoms with E-state index in [0.29, 0.717) is 24.3 Å². The first-order chi connectivity index (χ1) is 14.4. The van der Waals surface area contributed by atoms with Crippen LogP contribution in [0.25, 0.3) is 0 Å². The van der Waals surface area contributed by atoms with Crippen LogP contribution in [0.2, 0.25) is 0 Å². The molecule has 0 spiro atoms. The summed E-state index contributed by atoms with van der Waals surface area (Å²) < 4.78 is 5.24.